The SMILES string of the molecule is CCNCc1cccnc1N1CCN2C(=O)NCC2C1. The summed E-state index contributed by atoms with van der Waals surface area (Å²) in [5.41, 5.74) is 1.22. The maximum absolute atomic E-state index is 11.6. The lowest BCUT2D eigenvalue weighted by Gasteiger charge is -2.37. The van der Waals surface area contributed by atoms with Crippen molar-refractivity contribution in [3.8, 4) is 0 Å². The van der Waals surface area contributed by atoms with Gasteiger partial charge in [0.1, 0.15) is 5.82 Å². The predicted octanol–water partition coefficient (Wildman–Crippen LogP) is 0.405. The molecular formula is C14H21N5O. The number of hydrogen-bond donors (Lipinski definition) is 2. The van der Waals surface area contributed by atoms with Gasteiger partial charge in [-0.05, 0) is 12.6 Å². The monoisotopic (exact) mass is 275 g/mol. The summed E-state index contributed by atoms with van der Waals surface area (Å²) in [6.45, 7) is 7.10. The Kier molecular flexibility index (Phi) is 3.73. The van der Waals surface area contributed by atoms with Gasteiger partial charge in [-0.1, -0.05) is 13.0 Å². The third-order valence-electron chi connectivity index (χ3n) is 3.96. The van der Waals surface area contributed by atoms with Crippen LogP contribution in [0.15, 0.2) is 18.3 Å². The second-order valence-electron chi connectivity index (χ2n) is 5.25. The van der Waals surface area contributed by atoms with Gasteiger partial charge >= 0.3 is 6.03 Å². The molecule has 0 saturated carbocycles. The molecule has 0 aliphatic carbocycles. The quantitative estimate of drug-likeness (QED) is 0.835. The molecule has 2 amide bonds. The van der Waals surface area contributed by atoms with Crippen LogP contribution in [0.1, 0.15) is 12.5 Å². The average Bonchev–Trinajstić information content (AvgIpc) is 2.86. The molecule has 2 aliphatic rings. The van der Waals surface area contributed by atoms with Crippen molar-refractivity contribution >= 4 is 11.8 Å². The van der Waals surface area contributed by atoms with Gasteiger partial charge in [-0.15, -0.1) is 0 Å². The summed E-state index contributed by atoms with van der Waals surface area (Å²) >= 11 is 0. The molecule has 108 valence electrons. The van der Waals surface area contributed by atoms with Crippen molar-refractivity contribution in [1.82, 2.24) is 20.5 Å². The molecule has 0 bridgehead atoms. The van der Waals surface area contributed by atoms with E-state index in [2.05, 4.69) is 33.5 Å². The Morgan fingerprint density at radius 2 is 2.40 bits per heavy atom. The van der Waals surface area contributed by atoms with Crippen LogP contribution in [0.2, 0.25) is 0 Å². The minimum atomic E-state index is 0.0727. The number of carbonyl (C=O) groups is 1. The third kappa shape index (κ3) is 2.43. The summed E-state index contributed by atoms with van der Waals surface area (Å²) in [6, 6.07) is 4.44. The van der Waals surface area contributed by atoms with Crippen LogP contribution in [0.5, 0.6) is 0 Å². The molecule has 1 unspecified atom stereocenters. The molecule has 2 aliphatic heterocycles. The number of pyridine rings is 1. The normalized spacial score (nSPS) is 21.9. The smallest absolute Gasteiger partial charge is 0.317 e. The predicted molar refractivity (Wildman–Crippen MR) is 77.7 cm³/mol. The molecule has 1 atom stereocenters. The standard InChI is InChI=1S/C14H21N5O/c1-2-15-8-11-4-3-5-16-13(11)18-6-7-19-12(10-18)9-17-14(19)20/h3-5,12,15H,2,6-10H2,1H3,(H,17,20). The molecule has 1 aromatic heterocycles. The largest absolute Gasteiger partial charge is 0.352 e. The van der Waals surface area contributed by atoms with Gasteiger partial charge in [0.2, 0.25) is 0 Å². The lowest BCUT2D eigenvalue weighted by molar-refractivity contribution is 0.197. The van der Waals surface area contributed by atoms with Crippen molar-refractivity contribution in [2.45, 2.75) is 19.5 Å². The van der Waals surface area contributed by atoms with Crippen LogP contribution in [0.4, 0.5) is 10.6 Å². The number of nitrogens with one attached hydrogen (secondary N) is 2. The topological polar surface area (TPSA) is 60.5 Å². The Bertz CT molecular complexity index is 492. The molecule has 3 heterocycles. The van der Waals surface area contributed by atoms with Gasteiger partial charge in [0, 0.05) is 44.5 Å². The summed E-state index contributed by atoms with van der Waals surface area (Å²) in [7, 11) is 0. The maximum Gasteiger partial charge on any atom is 0.317 e. The van der Waals surface area contributed by atoms with Gasteiger partial charge in [0.15, 0.2) is 0 Å². The number of rotatable bonds is 4. The van der Waals surface area contributed by atoms with Crippen LogP contribution >= 0.6 is 0 Å². The van der Waals surface area contributed by atoms with E-state index in [9.17, 15) is 4.79 Å². The number of hydrogen-bond acceptors (Lipinski definition) is 4. The first-order valence-corrected chi connectivity index (χ1v) is 7.23. The Morgan fingerprint density at radius 1 is 1.50 bits per heavy atom. The van der Waals surface area contributed by atoms with Gasteiger partial charge in [-0.25, -0.2) is 9.78 Å². The van der Waals surface area contributed by atoms with E-state index in [1.165, 1.54) is 5.56 Å². The second-order valence-corrected chi connectivity index (χ2v) is 5.25. The van der Waals surface area contributed by atoms with Crippen LogP contribution in [-0.2, 0) is 6.54 Å². The molecule has 0 aromatic carbocycles. The molecule has 2 saturated heterocycles. The second kappa shape index (κ2) is 5.66. The zero-order valence-corrected chi connectivity index (χ0v) is 11.8. The molecular weight excluding hydrogens is 254 g/mol. The van der Waals surface area contributed by atoms with Gasteiger partial charge < -0.3 is 20.4 Å². The minimum absolute atomic E-state index is 0.0727. The van der Waals surface area contributed by atoms with Crippen LogP contribution < -0.4 is 15.5 Å². The van der Waals surface area contributed by atoms with Crippen LogP contribution in [-0.4, -0.2) is 54.7 Å². The van der Waals surface area contributed by atoms with E-state index in [0.29, 0.717) is 0 Å². The Hall–Kier alpha value is -1.82. The van der Waals surface area contributed by atoms with E-state index < -0.39 is 0 Å². The summed E-state index contributed by atoms with van der Waals surface area (Å²) < 4.78 is 0. The van der Waals surface area contributed by atoms with Crippen molar-refractivity contribution in [3.05, 3.63) is 23.9 Å². The van der Waals surface area contributed by atoms with Crippen LogP contribution in [0, 0.1) is 0 Å². The number of amides is 2. The highest BCUT2D eigenvalue weighted by atomic mass is 16.2. The van der Waals surface area contributed by atoms with Gasteiger partial charge in [0.05, 0.1) is 6.04 Å². The van der Waals surface area contributed by atoms with Crippen molar-refractivity contribution < 1.29 is 4.79 Å². The number of urea groups is 1. The fraction of sp³-hybridized carbons (Fsp3) is 0.571. The van der Waals surface area contributed by atoms with Gasteiger partial charge in [0.25, 0.3) is 0 Å². The average molecular weight is 275 g/mol. The van der Waals surface area contributed by atoms with Crippen LogP contribution in [0.25, 0.3) is 0 Å². The molecule has 6 nitrogen and oxygen atoms in total. The van der Waals surface area contributed by atoms with Crippen molar-refractivity contribution in [3.63, 3.8) is 0 Å². The molecule has 0 radical (unpaired) electrons. The molecule has 2 fully saturated rings. The summed E-state index contributed by atoms with van der Waals surface area (Å²) in [4.78, 5) is 20.4. The molecule has 0 spiro atoms. The van der Waals surface area contributed by atoms with E-state index in [1.54, 1.807) is 0 Å². The number of carbonyl (C=O) groups excluding carboxylic acids is 1. The Labute approximate surface area is 119 Å². The first-order chi connectivity index (χ1) is 9.79. The number of nitrogens with zero attached hydrogens (tertiary/aromatic N) is 3. The number of piperazine rings is 1. The van der Waals surface area contributed by atoms with Gasteiger partial charge in [-0.2, -0.15) is 0 Å². The summed E-state index contributed by atoms with van der Waals surface area (Å²) in [5.74, 6) is 1.05. The molecule has 3 rings (SSSR count). The third-order valence-corrected chi connectivity index (χ3v) is 3.96. The maximum atomic E-state index is 11.6. The molecule has 2 N–H and O–H groups in total. The van der Waals surface area contributed by atoms with E-state index in [4.69, 9.17) is 0 Å². The van der Waals surface area contributed by atoms with E-state index in [0.717, 1.165) is 45.1 Å². The Morgan fingerprint density at radius 3 is 3.25 bits per heavy atom. The zero-order valence-electron chi connectivity index (χ0n) is 11.8. The lowest BCUT2D eigenvalue weighted by atomic mass is 10.1. The van der Waals surface area contributed by atoms with Crippen molar-refractivity contribution in [1.29, 1.82) is 0 Å². The van der Waals surface area contributed by atoms with Crippen molar-refractivity contribution in [2.75, 3.05) is 37.6 Å². The first-order valence-electron chi connectivity index (χ1n) is 7.23. The summed E-state index contributed by atoms with van der Waals surface area (Å²) in [5, 5.41) is 6.26. The molecule has 1 aromatic rings. The minimum Gasteiger partial charge on any atom is -0.352 e. The van der Waals surface area contributed by atoms with Crippen molar-refractivity contribution in [2.24, 2.45) is 0 Å². The number of fused-ring (bicyclic) bond motifs is 1. The Balaban J connectivity index is 1.75. The lowest BCUT2D eigenvalue weighted by Crippen LogP contribution is -2.52. The highest BCUT2D eigenvalue weighted by Crippen LogP contribution is 2.22. The van der Waals surface area contributed by atoms with E-state index in [1.807, 2.05) is 17.2 Å². The highest BCUT2D eigenvalue weighted by molar-refractivity contribution is 5.77. The molecule has 20 heavy (non-hydrogen) atoms. The van der Waals surface area contributed by atoms with E-state index in [-0.39, 0.29) is 12.1 Å². The summed E-state index contributed by atoms with van der Waals surface area (Å²) in [6.07, 6.45) is 1.84. The highest BCUT2D eigenvalue weighted by Gasteiger charge is 2.36. The van der Waals surface area contributed by atoms with Gasteiger partial charge in [-0.3, -0.25) is 0 Å². The first kappa shape index (κ1) is 13.2. The zero-order chi connectivity index (χ0) is 13.9. The fourth-order valence-electron chi connectivity index (χ4n) is 2.91. The van der Waals surface area contributed by atoms with E-state index >= 15 is 0 Å². The fourth-order valence-corrected chi connectivity index (χ4v) is 2.91. The molecule has 6 heteroatoms. The van der Waals surface area contributed by atoms with Crippen LogP contribution in [0.3, 0.4) is 0 Å². The number of anilines is 1. The number of aromatic nitrogens is 1.